The molecule has 29 heavy (non-hydrogen) atoms. The zero-order chi connectivity index (χ0) is 21.6. The first-order valence-electron chi connectivity index (χ1n) is 10.1. The van der Waals surface area contributed by atoms with Crippen LogP contribution in [-0.4, -0.2) is 28.8 Å². The number of amides is 2. The van der Waals surface area contributed by atoms with E-state index in [2.05, 4.69) is 5.32 Å². The van der Waals surface area contributed by atoms with E-state index in [4.69, 9.17) is 0 Å². The molecule has 0 saturated heterocycles. The lowest BCUT2D eigenvalue weighted by Gasteiger charge is -2.30. The first-order chi connectivity index (χ1) is 13.7. The molecule has 2 unspecified atom stereocenters. The topological polar surface area (TPSA) is 49.4 Å². The predicted molar refractivity (Wildman–Crippen MR) is 114 cm³/mol. The highest BCUT2D eigenvalue weighted by Crippen LogP contribution is 2.16. The Morgan fingerprint density at radius 3 is 2.28 bits per heavy atom. The molecule has 2 atom stereocenters. The van der Waals surface area contributed by atoms with Crippen LogP contribution < -0.4 is 5.32 Å². The standard InChI is InChI=1S/C24H31FN2O2/c1-6-18(4)26-24(29)19(5)27(15-21-9-7-8-10-22(21)25)23(28)14-20-12-16(2)11-17(3)13-20/h7-13,18-19H,6,14-15H2,1-5H3,(H,26,29). The van der Waals surface area contributed by atoms with Crippen molar-refractivity contribution in [2.75, 3.05) is 0 Å². The van der Waals surface area contributed by atoms with Gasteiger partial charge in [0.25, 0.3) is 0 Å². The zero-order valence-electron chi connectivity index (χ0n) is 18.0. The Kier molecular flexibility index (Phi) is 7.94. The fourth-order valence-corrected chi connectivity index (χ4v) is 3.31. The number of nitrogens with one attached hydrogen (secondary N) is 1. The highest BCUT2D eigenvalue weighted by molar-refractivity contribution is 5.88. The van der Waals surface area contributed by atoms with E-state index in [0.717, 1.165) is 23.1 Å². The second kappa shape index (κ2) is 10.2. The van der Waals surface area contributed by atoms with Crippen molar-refractivity contribution in [3.63, 3.8) is 0 Å². The SMILES string of the molecule is CCC(C)NC(=O)C(C)N(Cc1ccccc1F)C(=O)Cc1cc(C)cc(C)c1. The third kappa shape index (κ3) is 6.41. The van der Waals surface area contributed by atoms with Gasteiger partial charge in [0.05, 0.1) is 6.42 Å². The fourth-order valence-electron chi connectivity index (χ4n) is 3.31. The average molecular weight is 399 g/mol. The van der Waals surface area contributed by atoms with Gasteiger partial charge in [0.15, 0.2) is 0 Å². The molecule has 0 aliphatic heterocycles. The minimum absolute atomic E-state index is 0.00906. The second-order valence-electron chi connectivity index (χ2n) is 7.78. The van der Waals surface area contributed by atoms with Crippen molar-refractivity contribution >= 4 is 11.8 Å². The van der Waals surface area contributed by atoms with Crippen molar-refractivity contribution in [3.05, 3.63) is 70.5 Å². The average Bonchev–Trinajstić information content (AvgIpc) is 2.65. The first kappa shape index (κ1) is 22.6. The van der Waals surface area contributed by atoms with Crippen molar-refractivity contribution in [2.45, 2.75) is 66.1 Å². The Morgan fingerprint density at radius 2 is 1.69 bits per heavy atom. The smallest absolute Gasteiger partial charge is 0.242 e. The molecule has 0 aliphatic rings. The van der Waals surface area contributed by atoms with E-state index in [1.165, 1.54) is 11.0 Å². The number of aryl methyl sites for hydroxylation is 2. The molecule has 4 nitrogen and oxygen atoms in total. The van der Waals surface area contributed by atoms with Gasteiger partial charge in [-0.2, -0.15) is 0 Å². The van der Waals surface area contributed by atoms with Crippen LogP contribution in [0, 0.1) is 19.7 Å². The largest absolute Gasteiger partial charge is 0.352 e. The normalized spacial score (nSPS) is 12.9. The molecule has 156 valence electrons. The Hall–Kier alpha value is -2.69. The summed E-state index contributed by atoms with van der Waals surface area (Å²) in [6.07, 6.45) is 0.959. The summed E-state index contributed by atoms with van der Waals surface area (Å²) in [6, 6.07) is 11.6. The number of carbonyl (C=O) groups excluding carboxylic acids is 2. The van der Waals surface area contributed by atoms with Crippen LogP contribution in [0.5, 0.6) is 0 Å². The van der Waals surface area contributed by atoms with E-state index < -0.39 is 6.04 Å². The summed E-state index contributed by atoms with van der Waals surface area (Å²) in [5.74, 6) is -0.819. The van der Waals surface area contributed by atoms with Gasteiger partial charge >= 0.3 is 0 Å². The van der Waals surface area contributed by atoms with Crippen molar-refractivity contribution in [2.24, 2.45) is 0 Å². The second-order valence-corrected chi connectivity index (χ2v) is 7.78. The molecule has 2 aromatic carbocycles. The van der Waals surface area contributed by atoms with Gasteiger partial charge in [-0.25, -0.2) is 4.39 Å². The van der Waals surface area contributed by atoms with Gasteiger partial charge in [0.1, 0.15) is 11.9 Å². The van der Waals surface area contributed by atoms with Crippen LogP contribution in [-0.2, 0) is 22.6 Å². The van der Waals surface area contributed by atoms with Crippen LogP contribution in [0.15, 0.2) is 42.5 Å². The molecular weight excluding hydrogens is 367 g/mol. The lowest BCUT2D eigenvalue weighted by molar-refractivity contribution is -0.140. The molecule has 0 spiro atoms. The molecule has 1 N–H and O–H groups in total. The number of nitrogens with zero attached hydrogens (tertiary/aromatic N) is 1. The summed E-state index contributed by atoms with van der Waals surface area (Å²) in [5, 5.41) is 2.92. The first-order valence-corrected chi connectivity index (χ1v) is 10.1. The number of benzene rings is 2. The lowest BCUT2D eigenvalue weighted by Crippen LogP contribution is -2.50. The third-order valence-electron chi connectivity index (χ3n) is 5.10. The Bertz CT molecular complexity index is 845. The van der Waals surface area contributed by atoms with Crippen molar-refractivity contribution in [3.8, 4) is 0 Å². The van der Waals surface area contributed by atoms with Gasteiger partial charge in [-0.15, -0.1) is 0 Å². The van der Waals surface area contributed by atoms with Crippen LogP contribution in [0.25, 0.3) is 0 Å². The van der Waals surface area contributed by atoms with Gasteiger partial charge in [-0.1, -0.05) is 54.4 Å². The molecule has 0 aliphatic carbocycles. The quantitative estimate of drug-likeness (QED) is 0.720. The molecule has 0 heterocycles. The highest BCUT2D eigenvalue weighted by atomic mass is 19.1. The summed E-state index contributed by atoms with van der Waals surface area (Å²) in [7, 11) is 0. The van der Waals surface area contributed by atoms with E-state index in [1.54, 1.807) is 25.1 Å². The van der Waals surface area contributed by atoms with E-state index in [-0.39, 0.29) is 36.6 Å². The van der Waals surface area contributed by atoms with E-state index in [1.807, 2.05) is 45.9 Å². The Balaban J connectivity index is 2.28. The van der Waals surface area contributed by atoms with E-state index in [0.29, 0.717) is 5.56 Å². The molecule has 0 fully saturated rings. The summed E-state index contributed by atoms with van der Waals surface area (Å²) < 4.78 is 14.2. The van der Waals surface area contributed by atoms with Gasteiger partial charge in [-0.3, -0.25) is 9.59 Å². The zero-order valence-corrected chi connectivity index (χ0v) is 18.0. The number of carbonyl (C=O) groups is 2. The van der Waals surface area contributed by atoms with E-state index in [9.17, 15) is 14.0 Å². The summed E-state index contributed by atoms with van der Waals surface area (Å²) in [5.41, 5.74) is 3.44. The van der Waals surface area contributed by atoms with Crippen LogP contribution in [0.1, 0.15) is 49.4 Å². The third-order valence-corrected chi connectivity index (χ3v) is 5.10. The maximum Gasteiger partial charge on any atom is 0.242 e. The van der Waals surface area contributed by atoms with Crippen LogP contribution >= 0.6 is 0 Å². The molecule has 0 radical (unpaired) electrons. The predicted octanol–water partition coefficient (Wildman–Crippen LogP) is 4.32. The van der Waals surface area contributed by atoms with Gasteiger partial charge < -0.3 is 10.2 Å². The minimum atomic E-state index is -0.706. The number of hydrogen-bond acceptors (Lipinski definition) is 2. The number of halogens is 1. The van der Waals surface area contributed by atoms with Crippen molar-refractivity contribution < 1.29 is 14.0 Å². The molecule has 2 rings (SSSR count). The van der Waals surface area contributed by atoms with Gasteiger partial charge in [0, 0.05) is 18.2 Å². The molecule has 0 bridgehead atoms. The number of rotatable bonds is 8. The van der Waals surface area contributed by atoms with Gasteiger partial charge in [0.2, 0.25) is 11.8 Å². The van der Waals surface area contributed by atoms with Crippen LogP contribution in [0.4, 0.5) is 4.39 Å². The molecule has 5 heteroatoms. The Morgan fingerprint density at radius 1 is 1.07 bits per heavy atom. The molecular formula is C24H31FN2O2. The maximum atomic E-state index is 14.2. The molecule has 0 aromatic heterocycles. The Labute approximate surface area is 173 Å². The van der Waals surface area contributed by atoms with Crippen LogP contribution in [0.2, 0.25) is 0 Å². The van der Waals surface area contributed by atoms with Crippen molar-refractivity contribution in [1.82, 2.24) is 10.2 Å². The highest BCUT2D eigenvalue weighted by Gasteiger charge is 2.27. The van der Waals surface area contributed by atoms with Crippen LogP contribution in [0.3, 0.4) is 0 Å². The minimum Gasteiger partial charge on any atom is -0.352 e. The van der Waals surface area contributed by atoms with E-state index >= 15 is 0 Å². The molecule has 2 amide bonds. The monoisotopic (exact) mass is 398 g/mol. The summed E-state index contributed by atoms with van der Waals surface area (Å²) in [6.45, 7) is 9.62. The van der Waals surface area contributed by atoms with Crippen molar-refractivity contribution in [1.29, 1.82) is 0 Å². The van der Waals surface area contributed by atoms with Gasteiger partial charge in [-0.05, 0) is 45.7 Å². The summed E-state index contributed by atoms with van der Waals surface area (Å²) in [4.78, 5) is 27.3. The molecule has 0 saturated carbocycles. The fraction of sp³-hybridized carbons (Fsp3) is 0.417. The molecule has 2 aromatic rings. The maximum absolute atomic E-state index is 14.2. The lowest BCUT2D eigenvalue weighted by atomic mass is 10.0. The number of hydrogen-bond donors (Lipinski definition) is 1. The summed E-state index contributed by atoms with van der Waals surface area (Å²) >= 11 is 0.